The molecule has 1 N–H and O–H groups in total. The van der Waals surface area contributed by atoms with Crippen LogP contribution in [0.5, 0.6) is 0 Å². The van der Waals surface area contributed by atoms with E-state index in [0.29, 0.717) is 26.1 Å². The maximum Gasteiger partial charge on any atom is 0.246 e. The van der Waals surface area contributed by atoms with Gasteiger partial charge in [0.15, 0.2) is 0 Å². The monoisotopic (exact) mass is 298 g/mol. The zero-order valence-electron chi connectivity index (χ0n) is 11.7. The fourth-order valence-electron chi connectivity index (χ4n) is 2.18. The summed E-state index contributed by atoms with van der Waals surface area (Å²) in [4.78, 5) is -0.245. The third-order valence-electron chi connectivity index (χ3n) is 3.39. The Morgan fingerprint density at radius 3 is 2.70 bits per heavy atom. The van der Waals surface area contributed by atoms with Crippen molar-refractivity contribution in [1.82, 2.24) is 9.62 Å². The molecular formula is C14H19FN2O2S. The van der Waals surface area contributed by atoms with Crippen LogP contribution in [-0.4, -0.2) is 32.9 Å². The second-order valence-electron chi connectivity index (χ2n) is 4.96. The van der Waals surface area contributed by atoms with E-state index in [9.17, 15) is 12.8 Å². The number of benzene rings is 1. The zero-order chi connectivity index (χ0) is 14.8. The standard InChI is InChI=1S/C14H19FN2O2S/c1-11-5-7-17(8-6-11)20(18,19)14-4-3-12(10-16-2)9-13(14)15/h3-5,9,16H,6-8,10H2,1-2H3. The smallest absolute Gasteiger partial charge is 0.246 e. The van der Waals surface area contributed by atoms with Crippen molar-refractivity contribution >= 4 is 10.0 Å². The fourth-order valence-corrected chi connectivity index (χ4v) is 3.60. The molecule has 110 valence electrons. The van der Waals surface area contributed by atoms with Gasteiger partial charge in [-0.3, -0.25) is 0 Å². The van der Waals surface area contributed by atoms with Crippen LogP contribution >= 0.6 is 0 Å². The third kappa shape index (κ3) is 3.08. The molecule has 0 saturated carbocycles. The summed E-state index contributed by atoms with van der Waals surface area (Å²) in [6.45, 7) is 3.19. The van der Waals surface area contributed by atoms with Gasteiger partial charge in [-0.2, -0.15) is 4.31 Å². The first-order valence-electron chi connectivity index (χ1n) is 6.54. The summed E-state index contributed by atoms with van der Waals surface area (Å²) in [5.74, 6) is -0.691. The van der Waals surface area contributed by atoms with Gasteiger partial charge in [0.2, 0.25) is 10.0 Å². The van der Waals surface area contributed by atoms with Crippen LogP contribution in [0.4, 0.5) is 4.39 Å². The lowest BCUT2D eigenvalue weighted by atomic mass is 10.1. The number of rotatable bonds is 4. The van der Waals surface area contributed by atoms with Gasteiger partial charge < -0.3 is 5.32 Å². The average Bonchev–Trinajstić information content (AvgIpc) is 2.39. The second-order valence-corrected chi connectivity index (χ2v) is 6.86. The zero-order valence-corrected chi connectivity index (χ0v) is 12.5. The Morgan fingerprint density at radius 1 is 1.40 bits per heavy atom. The van der Waals surface area contributed by atoms with E-state index in [1.165, 1.54) is 22.0 Å². The van der Waals surface area contributed by atoms with Crippen molar-refractivity contribution in [1.29, 1.82) is 0 Å². The van der Waals surface area contributed by atoms with E-state index in [1.54, 1.807) is 13.1 Å². The van der Waals surface area contributed by atoms with Crippen LogP contribution in [-0.2, 0) is 16.6 Å². The summed E-state index contributed by atoms with van der Waals surface area (Å²) >= 11 is 0. The molecule has 20 heavy (non-hydrogen) atoms. The van der Waals surface area contributed by atoms with Gasteiger partial charge in [0.1, 0.15) is 10.7 Å². The Balaban J connectivity index is 2.30. The van der Waals surface area contributed by atoms with E-state index < -0.39 is 15.8 Å². The summed E-state index contributed by atoms with van der Waals surface area (Å²) in [6.07, 6.45) is 2.56. The van der Waals surface area contributed by atoms with Crippen molar-refractivity contribution in [3.05, 3.63) is 41.2 Å². The maximum atomic E-state index is 14.1. The summed E-state index contributed by atoms with van der Waals surface area (Å²) in [6, 6.07) is 4.26. The van der Waals surface area contributed by atoms with Crippen molar-refractivity contribution in [3.63, 3.8) is 0 Å². The number of nitrogens with zero attached hydrogens (tertiary/aromatic N) is 1. The number of hydrogen-bond donors (Lipinski definition) is 1. The van der Waals surface area contributed by atoms with E-state index in [1.807, 2.05) is 13.0 Å². The lowest BCUT2D eigenvalue weighted by Gasteiger charge is -2.25. The van der Waals surface area contributed by atoms with Gasteiger partial charge in [-0.1, -0.05) is 17.7 Å². The number of halogens is 1. The largest absolute Gasteiger partial charge is 0.316 e. The number of nitrogens with one attached hydrogen (secondary N) is 1. The predicted octanol–water partition coefficient (Wildman–Crippen LogP) is 1.89. The molecule has 1 heterocycles. The first kappa shape index (κ1) is 15.2. The molecule has 0 radical (unpaired) electrons. The van der Waals surface area contributed by atoms with E-state index in [4.69, 9.17) is 0 Å². The van der Waals surface area contributed by atoms with Crippen molar-refractivity contribution < 1.29 is 12.8 Å². The van der Waals surface area contributed by atoms with Crippen LogP contribution in [0.2, 0.25) is 0 Å². The lowest BCUT2D eigenvalue weighted by molar-refractivity contribution is 0.427. The quantitative estimate of drug-likeness (QED) is 0.864. The molecule has 0 aromatic heterocycles. The highest BCUT2D eigenvalue weighted by Crippen LogP contribution is 2.23. The molecule has 0 bridgehead atoms. The van der Waals surface area contributed by atoms with Crippen molar-refractivity contribution in [2.24, 2.45) is 0 Å². The topological polar surface area (TPSA) is 49.4 Å². The SMILES string of the molecule is CNCc1ccc(S(=O)(=O)N2CC=C(C)CC2)c(F)c1. The van der Waals surface area contributed by atoms with Crippen molar-refractivity contribution in [3.8, 4) is 0 Å². The summed E-state index contributed by atoms with van der Waals surface area (Å²) in [7, 11) is -2.00. The molecule has 4 nitrogen and oxygen atoms in total. The van der Waals surface area contributed by atoms with Crippen LogP contribution in [0.25, 0.3) is 0 Å². The first-order valence-corrected chi connectivity index (χ1v) is 7.98. The Hall–Kier alpha value is -1.24. The van der Waals surface area contributed by atoms with Crippen molar-refractivity contribution in [2.75, 3.05) is 20.1 Å². The second kappa shape index (κ2) is 6.03. The van der Waals surface area contributed by atoms with Gasteiger partial charge in [-0.05, 0) is 38.1 Å². The third-order valence-corrected chi connectivity index (χ3v) is 5.29. The van der Waals surface area contributed by atoms with Crippen LogP contribution in [0.3, 0.4) is 0 Å². The minimum absolute atomic E-state index is 0.245. The van der Waals surface area contributed by atoms with Gasteiger partial charge in [0.25, 0.3) is 0 Å². The molecule has 0 saturated heterocycles. The number of hydrogen-bond acceptors (Lipinski definition) is 3. The first-order chi connectivity index (χ1) is 9.45. The highest BCUT2D eigenvalue weighted by Gasteiger charge is 2.28. The molecule has 0 aliphatic carbocycles. The van der Waals surface area contributed by atoms with Gasteiger partial charge in [0, 0.05) is 19.6 Å². The normalized spacial score (nSPS) is 17.1. The molecule has 0 amide bonds. The highest BCUT2D eigenvalue weighted by atomic mass is 32.2. The van der Waals surface area contributed by atoms with E-state index in [2.05, 4.69) is 5.32 Å². The minimum Gasteiger partial charge on any atom is -0.316 e. The van der Waals surface area contributed by atoms with E-state index in [-0.39, 0.29) is 4.90 Å². The van der Waals surface area contributed by atoms with Crippen molar-refractivity contribution in [2.45, 2.75) is 24.8 Å². The summed E-state index contributed by atoms with van der Waals surface area (Å²) in [5.41, 5.74) is 1.89. The summed E-state index contributed by atoms with van der Waals surface area (Å²) < 4.78 is 40.2. The molecule has 1 aliphatic heterocycles. The Morgan fingerprint density at radius 2 is 2.15 bits per heavy atom. The molecule has 0 unspecified atom stereocenters. The Kier molecular flexibility index (Phi) is 4.57. The molecule has 2 rings (SSSR count). The molecule has 1 aromatic carbocycles. The highest BCUT2D eigenvalue weighted by molar-refractivity contribution is 7.89. The van der Waals surface area contributed by atoms with Crippen LogP contribution in [0.15, 0.2) is 34.7 Å². The minimum atomic E-state index is -3.75. The summed E-state index contributed by atoms with van der Waals surface area (Å²) in [5, 5.41) is 2.90. The molecule has 1 aliphatic rings. The van der Waals surface area contributed by atoms with Gasteiger partial charge in [-0.25, -0.2) is 12.8 Å². The van der Waals surface area contributed by atoms with Gasteiger partial charge in [0.05, 0.1) is 0 Å². The number of sulfonamides is 1. The molecular weight excluding hydrogens is 279 g/mol. The molecule has 0 atom stereocenters. The molecule has 1 aromatic rings. The van der Waals surface area contributed by atoms with E-state index >= 15 is 0 Å². The Bertz CT molecular complexity index is 626. The fraction of sp³-hybridized carbons (Fsp3) is 0.429. The molecule has 0 fully saturated rings. The molecule has 0 spiro atoms. The molecule has 6 heteroatoms. The maximum absolute atomic E-state index is 14.1. The average molecular weight is 298 g/mol. The Labute approximate surface area is 119 Å². The van der Waals surface area contributed by atoms with Crippen LogP contribution in [0, 0.1) is 5.82 Å². The van der Waals surface area contributed by atoms with Gasteiger partial charge in [-0.15, -0.1) is 0 Å². The lowest BCUT2D eigenvalue weighted by Crippen LogP contribution is -2.35. The van der Waals surface area contributed by atoms with Crippen LogP contribution < -0.4 is 5.32 Å². The van der Waals surface area contributed by atoms with E-state index in [0.717, 1.165) is 5.56 Å². The predicted molar refractivity (Wildman–Crippen MR) is 76.3 cm³/mol. The van der Waals surface area contributed by atoms with Crippen LogP contribution in [0.1, 0.15) is 18.9 Å². The van der Waals surface area contributed by atoms with Gasteiger partial charge >= 0.3 is 0 Å².